The van der Waals surface area contributed by atoms with E-state index in [1.807, 2.05) is 0 Å². The predicted molar refractivity (Wildman–Crippen MR) is 417 cm³/mol. The van der Waals surface area contributed by atoms with E-state index in [0.29, 0.717) is 65.0 Å². The second kappa shape index (κ2) is 118. The van der Waals surface area contributed by atoms with Crippen LogP contribution in [0.4, 0.5) is 0 Å². The standard InChI is InChI=1S/2C18H36O2.2C16H32O2.2C4H11NO2.2C2H7NO/c2*1-2-3-4-5-6-7-8-9-10-11-12-13-14-15-16-17-18(19)20;2*1-2-3-4-5-6-7-8-9-10-11-12-13-14-15-16(17)18;2*6-3-1-5-2-4-7;2*3-1-2-4/h2*2-17H2,1H3,(H,19,20);2*2-15H2,1H3,(H,17,18);2*5-7H,1-4H2;2*4H,1-3H2. The molecule has 0 fully saturated rings. The molecule has 0 rings (SSSR count). The first-order chi connectivity index (χ1) is 47.7. The van der Waals surface area contributed by atoms with Crippen molar-refractivity contribution in [2.45, 2.75) is 413 Å². The number of hydrogen-bond acceptors (Lipinski definition) is 14. The molecule has 0 spiro atoms. The molecule has 0 saturated carbocycles. The van der Waals surface area contributed by atoms with E-state index in [4.69, 9.17) is 62.5 Å². The third-order valence-corrected chi connectivity index (χ3v) is 16.4. The number of aliphatic carboxylic acids is 4. The van der Waals surface area contributed by atoms with Crippen molar-refractivity contribution in [3.8, 4) is 0 Å². The summed E-state index contributed by atoms with van der Waals surface area (Å²) in [6.07, 6.45) is 74.9. The number of aliphatic hydroxyl groups is 6. The predicted octanol–water partition coefficient (Wildman–Crippen LogP) is 18.8. The summed E-state index contributed by atoms with van der Waals surface area (Å²) in [5.74, 6) is -2.62. The molecule has 0 aromatic rings. The molecule has 0 aliphatic heterocycles. The molecule has 596 valence electrons. The molecule has 98 heavy (non-hydrogen) atoms. The van der Waals surface area contributed by atoms with Gasteiger partial charge in [-0.15, -0.1) is 0 Å². The molecule has 0 saturated heterocycles. The van der Waals surface area contributed by atoms with Crippen LogP contribution in [0, 0.1) is 0 Å². The van der Waals surface area contributed by atoms with Crippen molar-refractivity contribution in [1.29, 1.82) is 0 Å². The number of aliphatic hydroxyl groups excluding tert-OH is 6. The monoisotopic (exact) mass is 1410 g/mol. The molecule has 18 nitrogen and oxygen atoms in total. The maximum atomic E-state index is 10.3. The van der Waals surface area contributed by atoms with Gasteiger partial charge in [-0.1, -0.05) is 362 Å². The average Bonchev–Trinajstić information content (AvgIpc) is 3.66. The Morgan fingerprint density at radius 2 is 0.306 bits per heavy atom. The van der Waals surface area contributed by atoms with Gasteiger partial charge in [-0.25, -0.2) is 0 Å². The zero-order chi connectivity index (χ0) is 74.6. The zero-order valence-corrected chi connectivity index (χ0v) is 65.2. The van der Waals surface area contributed by atoms with Crippen LogP contribution in [0.1, 0.15) is 413 Å². The minimum Gasteiger partial charge on any atom is -0.481 e. The Labute approximate surface area is 605 Å². The minimum atomic E-state index is -0.655. The van der Waals surface area contributed by atoms with Gasteiger partial charge in [0.05, 0.1) is 39.6 Å². The second-order valence-corrected chi connectivity index (χ2v) is 26.4. The third-order valence-electron chi connectivity index (χ3n) is 16.4. The van der Waals surface area contributed by atoms with Gasteiger partial charge >= 0.3 is 23.9 Å². The van der Waals surface area contributed by atoms with Crippen LogP contribution in [0.2, 0.25) is 0 Å². The molecule has 0 bridgehead atoms. The normalized spacial score (nSPS) is 10.3. The summed E-state index contributed by atoms with van der Waals surface area (Å²) in [4.78, 5) is 41.3. The van der Waals surface area contributed by atoms with E-state index in [-0.39, 0.29) is 39.6 Å². The second-order valence-electron chi connectivity index (χ2n) is 26.4. The van der Waals surface area contributed by atoms with Crippen LogP contribution in [0.15, 0.2) is 0 Å². The van der Waals surface area contributed by atoms with Gasteiger partial charge in [0, 0.05) is 65.0 Å². The Morgan fingerprint density at radius 3 is 0.388 bits per heavy atom. The van der Waals surface area contributed by atoms with Crippen molar-refractivity contribution in [1.82, 2.24) is 10.6 Å². The molecule has 16 N–H and O–H groups in total. The topological polar surface area (TPSA) is 347 Å². The quantitative estimate of drug-likeness (QED) is 0.0252. The van der Waals surface area contributed by atoms with E-state index in [2.05, 4.69) is 38.3 Å². The average molecular weight is 1410 g/mol. The van der Waals surface area contributed by atoms with Crippen LogP contribution in [0.3, 0.4) is 0 Å². The number of carboxylic acid groups (broad SMARTS) is 4. The first-order valence-corrected chi connectivity index (χ1v) is 41.1. The first kappa shape index (κ1) is 111. The van der Waals surface area contributed by atoms with Gasteiger partial charge in [0.15, 0.2) is 0 Å². The highest BCUT2D eigenvalue weighted by Crippen LogP contribution is 2.18. The molecule has 0 aliphatic carbocycles. The highest BCUT2D eigenvalue weighted by Gasteiger charge is 2.02. The van der Waals surface area contributed by atoms with Gasteiger partial charge in [-0.2, -0.15) is 0 Å². The highest BCUT2D eigenvalue weighted by molar-refractivity contribution is 5.67. The highest BCUT2D eigenvalue weighted by atomic mass is 16.4. The van der Waals surface area contributed by atoms with E-state index < -0.39 is 23.9 Å². The fourth-order valence-electron chi connectivity index (χ4n) is 10.4. The molecule has 0 radical (unpaired) electrons. The van der Waals surface area contributed by atoms with E-state index in [1.165, 1.54) is 308 Å². The smallest absolute Gasteiger partial charge is 0.303 e. The maximum Gasteiger partial charge on any atom is 0.303 e. The Morgan fingerprint density at radius 1 is 0.204 bits per heavy atom. The lowest BCUT2D eigenvalue weighted by Gasteiger charge is -2.03. The molecule has 18 heteroatoms. The number of hydrogen-bond donors (Lipinski definition) is 14. The lowest BCUT2D eigenvalue weighted by atomic mass is 10.0. The van der Waals surface area contributed by atoms with Crippen LogP contribution < -0.4 is 22.1 Å². The van der Waals surface area contributed by atoms with Crippen molar-refractivity contribution in [2.75, 3.05) is 78.9 Å². The Kier molecular flexibility index (Phi) is 135. The fourth-order valence-corrected chi connectivity index (χ4v) is 10.4. The number of unbranched alkanes of at least 4 members (excludes halogenated alkanes) is 52. The molecule has 0 unspecified atom stereocenters. The number of nitrogens with two attached hydrogens (primary N) is 2. The summed E-state index contributed by atoms with van der Waals surface area (Å²) in [5, 5.41) is 87.7. The largest absolute Gasteiger partial charge is 0.481 e. The molecule has 0 amide bonds. The van der Waals surface area contributed by atoms with Gasteiger partial charge in [-0.05, 0) is 25.7 Å². The molecule has 0 aliphatic rings. The number of rotatable bonds is 70. The molecule has 0 heterocycles. The van der Waals surface area contributed by atoms with Gasteiger partial charge in [0.25, 0.3) is 0 Å². The molecule has 0 aromatic heterocycles. The number of carboxylic acids is 4. The van der Waals surface area contributed by atoms with Crippen LogP contribution >= 0.6 is 0 Å². The summed E-state index contributed by atoms with van der Waals surface area (Å²) in [7, 11) is 0. The summed E-state index contributed by atoms with van der Waals surface area (Å²) in [6.45, 7) is 12.8. The van der Waals surface area contributed by atoms with E-state index in [9.17, 15) is 19.2 Å². The first-order valence-electron chi connectivity index (χ1n) is 41.1. The van der Waals surface area contributed by atoms with Crippen LogP contribution in [-0.2, 0) is 19.2 Å². The van der Waals surface area contributed by atoms with Gasteiger partial charge < -0.3 is 73.2 Å². The molecule has 0 aromatic carbocycles. The number of nitrogens with one attached hydrogen (secondary N) is 2. The van der Waals surface area contributed by atoms with Gasteiger partial charge in [-0.3, -0.25) is 19.2 Å². The van der Waals surface area contributed by atoms with Crippen LogP contribution in [-0.4, -0.2) is 154 Å². The van der Waals surface area contributed by atoms with Gasteiger partial charge in [0.2, 0.25) is 0 Å². The van der Waals surface area contributed by atoms with Crippen molar-refractivity contribution in [3.05, 3.63) is 0 Å². The molecular formula is C80H172N4O14. The van der Waals surface area contributed by atoms with Crippen molar-refractivity contribution in [2.24, 2.45) is 11.5 Å². The lowest BCUT2D eigenvalue weighted by molar-refractivity contribution is -0.138. The van der Waals surface area contributed by atoms with E-state index in [0.717, 1.165) is 51.4 Å². The fraction of sp³-hybridized carbons (Fsp3) is 0.950. The minimum absolute atomic E-state index is 0.0972. The van der Waals surface area contributed by atoms with Crippen molar-refractivity contribution in [3.63, 3.8) is 0 Å². The van der Waals surface area contributed by atoms with E-state index in [1.54, 1.807) is 0 Å². The molecule has 0 atom stereocenters. The zero-order valence-electron chi connectivity index (χ0n) is 65.2. The molecular weight excluding hydrogens is 1240 g/mol. The Balaban J connectivity index is -0.000000166. The summed E-state index contributed by atoms with van der Waals surface area (Å²) >= 11 is 0. The Bertz CT molecular complexity index is 1250. The summed E-state index contributed by atoms with van der Waals surface area (Å²) in [5.41, 5.74) is 9.56. The van der Waals surface area contributed by atoms with Crippen molar-refractivity contribution < 1.29 is 70.2 Å². The third kappa shape index (κ3) is 156. The van der Waals surface area contributed by atoms with Crippen LogP contribution in [0.5, 0.6) is 0 Å². The number of carbonyl (C=O) groups is 4. The maximum absolute atomic E-state index is 10.3. The lowest BCUT2D eigenvalue weighted by Crippen LogP contribution is -2.21. The van der Waals surface area contributed by atoms with Crippen molar-refractivity contribution >= 4 is 23.9 Å². The Hall–Kier alpha value is -2.52. The van der Waals surface area contributed by atoms with Gasteiger partial charge in [0.1, 0.15) is 0 Å². The van der Waals surface area contributed by atoms with Crippen LogP contribution in [0.25, 0.3) is 0 Å². The summed E-state index contributed by atoms with van der Waals surface area (Å²) < 4.78 is 0. The summed E-state index contributed by atoms with van der Waals surface area (Å²) in [6, 6.07) is 0. The van der Waals surface area contributed by atoms with E-state index >= 15 is 0 Å². The SMILES string of the molecule is CCCCCCCCCCCCCCCC(=O)O.CCCCCCCCCCCCCCCC(=O)O.CCCCCCCCCCCCCCCCCC(=O)O.CCCCCCCCCCCCCCCCCC(=O)O.NCCO.NCCO.OCCNCCO.OCCNCCO.